The van der Waals surface area contributed by atoms with Crippen LogP contribution in [-0.2, 0) is 10.0 Å². The van der Waals surface area contributed by atoms with E-state index in [2.05, 4.69) is 4.72 Å². The van der Waals surface area contributed by atoms with Crippen molar-refractivity contribution in [2.75, 3.05) is 0 Å². The van der Waals surface area contributed by atoms with Crippen molar-refractivity contribution in [1.82, 2.24) is 4.72 Å². The molecule has 0 saturated heterocycles. The minimum atomic E-state index is -3.55. The van der Waals surface area contributed by atoms with Gasteiger partial charge < -0.3 is 0 Å². The van der Waals surface area contributed by atoms with Gasteiger partial charge in [-0.1, -0.05) is 13.3 Å². The molecule has 0 saturated carbocycles. The van der Waals surface area contributed by atoms with Gasteiger partial charge in [-0.15, -0.1) is 0 Å². The molecule has 1 aromatic rings. The minimum Gasteiger partial charge on any atom is -0.208 e. The van der Waals surface area contributed by atoms with Gasteiger partial charge in [0.15, 0.2) is 0 Å². The van der Waals surface area contributed by atoms with Crippen molar-refractivity contribution in [1.29, 1.82) is 0 Å². The zero-order valence-corrected chi connectivity index (χ0v) is 11.1. The lowest BCUT2D eigenvalue weighted by molar-refractivity contribution is 0.543. The smallest absolute Gasteiger partial charge is 0.208 e. The quantitative estimate of drug-likeness (QED) is 0.883. The fraction of sp³-hybridized carbons (Fsp3) is 0.500. The van der Waals surface area contributed by atoms with E-state index in [1.807, 2.05) is 13.8 Å². The summed E-state index contributed by atoms with van der Waals surface area (Å²) in [6.45, 7) is 5.40. The summed E-state index contributed by atoms with van der Waals surface area (Å²) in [5.41, 5.74) is 0.418. The molecule has 0 amide bonds. The van der Waals surface area contributed by atoms with Gasteiger partial charge in [0, 0.05) is 6.04 Å². The third-order valence-electron chi connectivity index (χ3n) is 2.50. The highest BCUT2D eigenvalue weighted by Gasteiger charge is 2.19. The molecule has 0 bridgehead atoms. The summed E-state index contributed by atoms with van der Waals surface area (Å²) in [6.07, 6.45) is 1.69. The van der Waals surface area contributed by atoms with Gasteiger partial charge >= 0.3 is 0 Å². The van der Waals surface area contributed by atoms with Crippen molar-refractivity contribution in [3.05, 3.63) is 29.6 Å². The van der Waals surface area contributed by atoms with E-state index in [1.165, 1.54) is 12.1 Å². The van der Waals surface area contributed by atoms with Gasteiger partial charge in [0.05, 0.1) is 4.90 Å². The third-order valence-corrected chi connectivity index (χ3v) is 4.25. The van der Waals surface area contributed by atoms with Gasteiger partial charge in [0.1, 0.15) is 5.82 Å². The molecule has 1 N–H and O–H groups in total. The van der Waals surface area contributed by atoms with Crippen LogP contribution in [0, 0.1) is 12.7 Å². The average molecular weight is 259 g/mol. The molecule has 96 valence electrons. The summed E-state index contributed by atoms with van der Waals surface area (Å²) >= 11 is 0. The highest BCUT2D eigenvalue weighted by molar-refractivity contribution is 7.89. The predicted octanol–water partition coefficient (Wildman–Crippen LogP) is 2.60. The molecule has 0 aliphatic carbocycles. The van der Waals surface area contributed by atoms with Gasteiger partial charge in [-0.25, -0.2) is 17.5 Å². The van der Waals surface area contributed by atoms with Crippen molar-refractivity contribution < 1.29 is 12.8 Å². The topological polar surface area (TPSA) is 46.2 Å². The van der Waals surface area contributed by atoms with Crippen molar-refractivity contribution in [3.63, 3.8) is 0 Å². The largest absolute Gasteiger partial charge is 0.241 e. The first-order chi connectivity index (χ1) is 7.86. The molecule has 1 unspecified atom stereocenters. The summed E-state index contributed by atoms with van der Waals surface area (Å²) in [7, 11) is -3.55. The lowest BCUT2D eigenvalue weighted by atomic mass is 10.2. The molecule has 0 radical (unpaired) electrons. The molecule has 0 fully saturated rings. The molecule has 0 aliphatic heterocycles. The van der Waals surface area contributed by atoms with E-state index in [9.17, 15) is 12.8 Å². The number of hydrogen-bond acceptors (Lipinski definition) is 2. The van der Waals surface area contributed by atoms with Crippen LogP contribution in [-0.4, -0.2) is 14.5 Å². The van der Waals surface area contributed by atoms with Crippen LogP contribution in [0.5, 0.6) is 0 Å². The summed E-state index contributed by atoms with van der Waals surface area (Å²) in [5.74, 6) is -0.428. The second kappa shape index (κ2) is 5.60. The molecular formula is C12H18FNO2S. The molecule has 0 spiro atoms. The van der Waals surface area contributed by atoms with Gasteiger partial charge in [0.25, 0.3) is 0 Å². The molecule has 0 aromatic heterocycles. The van der Waals surface area contributed by atoms with Crippen LogP contribution in [0.1, 0.15) is 32.3 Å². The third kappa shape index (κ3) is 3.78. The number of rotatable bonds is 5. The Labute approximate surface area is 102 Å². The van der Waals surface area contributed by atoms with Crippen LogP contribution in [0.25, 0.3) is 0 Å². The maximum atomic E-state index is 12.9. The normalized spacial score (nSPS) is 13.6. The molecule has 3 nitrogen and oxygen atoms in total. The summed E-state index contributed by atoms with van der Waals surface area (Å²) in [5, 5.41) is 0. The molecule has 0 aliphatic rings. The maximum absolute atomic E-state index is 12.9. The van der Waals surface area contributed by atoms with E-state index < -0.39 is 15.8 Å². The number of aryl methyl sites for hydroxylation is 1. The maximum Gasteiger partial charge on any atom is 0.241 e. The molecule has 1 atom stereocenters. The van der Waals surface area contributed by atoms with Crippen LogP contribution >= 0.6 is 0 Å². The van der Waals surface area contributed by atoms with Crippen molar-refractivity contribution in [2.45, 2.75) is 44.6 Å². The van der Waals surface area contributed by atoms with Gasteiger partial charge in [-0.2, -0.15) is 0 Å². The first-order valence-corrected chi connectivity index (χ1v) is 7.13. The monoisotopic (exact) mass is 259 g/mol. The standard InChI is InChI=1S/C12H18FNO2S/c1-4-5-10(3)14-17(15,16)12-7-6-11(13)8-9(12)2/h6-8,10,14H,4-5H2,1-3H3. The van der Waals surface area contributed by atoms with E-state index in [1.54, 1.807) is 6.92 Å². The van der Waals surface area contributed by atoms with Gasteiger partial charge in [0.2, 0.25) is 10.0 Å². The van der Waals surface area contributed by atoms with Gasteiger partial charge in [-0.05, 0) is 44.0 Å². The van der Waals surface area contributed by atoms with E-state index in [-0.39, 0.29) is 10.9 Å². The van der Waals surface area contributed by atoms with Crippen LogP contribution in [0.4, 0.5) is 4.39 Å². The Kier molecular flexibility index (Phi) is 4.65. The lowest BCUT2D eigenvalue weighted by Gasteiger charge is -2.14. The second-order valence-electron chi connectivity index (χ2n) is 4.22. The first kappa shape index (κ1) is 14.1. The summed E-state index contributed by atoms with van der Waals surface area (Å²) in [6, 6.07) is 3.56. The minimum absolute atomic E-state index is 0.116. The van der Waals surface area contributed by atoms with Crippen molar-refractivity contribution >= 4 is 10.0 Å². The number of hydrogen-bond donors (Lipinski definition) is 1. The first-order valence-electron chi connectivity index (χ1n) is 5.65. The molecule has 1 rings (SSSR count). The van der Waals surface area contributed by atoms with E-state index in [0.29, 0.717) is 5.56 Å². The number of sulfonamides is 1. The molecule has 0 heterocycles. The fourth-order valence-corrected chi connectivity index (χ4v) is 3.24. The van der Waals surface area contributed by atoms with Crippen LogP contribution in [0.2, 0.25) is 0 Å². The predicted molar refractivity (Wildman–Crippen MR) is 65.8 cm³/mol. The average Bonchev–Trinajstić information content (AvgIpc) is 2.15. The number of halogens is 1. The van der Waals surface area contributed by atoms with E-state index in [4.69, 9.17) is 0 Å². The molecular weight excluding hydrogens is 241 g/mol. The highest BCUT2D eigenvalue weighted by Crippen LogP contribution is 2.16. The van der Waals surface area contributed by atoms with Crippen LogP contribution < -0.4 is 4.72 Å². The summed E-state index contributed by atoms with van der Waals surface area (Å²) < 4.78 is 39.5. The lowest BCUT2D eigenvalue weighted by Crippen LogP contribution is -2.32. The zero-order chi connectivity index (χ0) is 13.1. The van der Waals surface area contributed by atoms with Gasteiger partial charge in [-0.3, -0.25) is 0 Å². The van der Waals surface area contributed by atoms with Crippen LogP contribution in [0.15, 0.2) is 23.1 Å². The Morgan fingerprint density at radius 3 is 2.59 bits per heavy atom. The van der Waals surface area contributed by atoms with E-state index in [0.717, 1.165) is 18.9 Å². The second-order valence-corrected chi connectivity index (χ2v) is 5.90. The fourth-order valence-electron chi connectivity index (χ4n) is 1.73. The molecule has 1 aromatic carbocycles. The Morgan fingerprint density at radius 2 is 2.06 bits per heavy atom. The van der Waals surface area contributed by atoms with E-state index >= 15 is 0 Å². The van der Waals surface area contributed by atoms with Crippen LogP contribution in [0.3, 0.4) is 0 Å². The zero-order valence-electron chi connectivity index (χ0n) is 10.3. The Morgan fingerprint density at radius 1 is 1.41 bits per heavy atom. The highest BCUT2D eigenvalue weighted by atomic mass is 32.2. The number of benzene rings is 1. The van der Waals surface area contributed by atoms with Crippen molar-refractivity contribution in [2.24, 2.45) is 0 Å². The molecule has 5 heteroatoms. The van der Waals surface area contributed by atoms with Crippen molar-refractivity contribution in [3.8, 4) is 0 Å². The molecule has 17 heavy (non-hydrogen) atoms. The Hall–Kier alpha value is -0.940. The SMILES string of the molecule is CCCC(C)NS(=O)(=O)c1ccc(F)cc1C. The number of nitrogens with one attached hydrogen (secondary N) is 1. The Bertz CT molecular complexity index is 485. The summed E-state index contributed by atoms with van der Waals surface area (Å²) in [4.78, 5) is 0.141. The Balaban J connectivity index is 2.97.